The van der Waals surface area contributed by atoms with E-state index in [0.717, 1.165) is 6.42 Å². The van der Waals surface area contributed by atoms with Gasteiger partial charge in [0.25, 0.3) is 11.5 Å². The first-order chi connectivity index (χ1) is 11.6. The van der Waals surface area contributed by atoms with Crippen LogP contribution in [0.15, 0.2) is 53.6 Å². The molecule has 0 spiro atoms. The molecule has 1 aromatic carbocycles. The largest absolute Gasteiger partial charge is 0.506 e. The zero-order valence-corrected chi connectivity index (χ0v) is 13.2. The third kappa shape index (κ3) is 2.74. The summed E-state index contributed by atoms with van der Waals surface area (Å²) in [6.45, 7) is 2.41. The molecule has 3 aromatic rings. The molecule has 0 saturated heterocycles. The number of aromatic nitrogens is 2. The molecule has 2 aromatic heterocycles. The first-order valence-electron chi connectivity index (χ1n) is 7.69. The van der Waals surface area contributed by atoms with Crippen molar-refractivity contribution in [3.8, 4) is 5.75 Å². The molecule has 0 atom stereocenters. The lowest BCUT2D eigenvalue weighted by molar-refractivity contribution is 0.102. The van der Waals surface area contributed by atoms with E-state index in [1.165, 1.54) is 10.8 Å². The lowest BCUT2D eigenvalue weighted by atomic mass is 10.1. The molecule has 3 rings (SSSR count). The van der Waals surface area contributed by atoms with Crippen LogP contribution in [0.3, 0.4) is 0 Å². The fourth-order valence-corrected chi connectivity index (χ4v) is 2.67. The number of benzene rings is 1. The number of carbonyl (C=O) groups excluding carboxylic acids is 1. The molecule has 6 nitrogen and oxygen atoms in total. The number of nitrogens with zero attached hydrogens (tertiary/aromatic N) is 2. The molecular weight excluding hydrogens is 306 g/mol. The number of fused-ring (bicyclic) bond motifs is 1. The van der Waals surface area contributed by atoms with Crippen LogP contribution < -0.4 is 10.9 Å². The Morgan fingerprint density at radius 3 is 2.75 bits per heavy atom. The molecule has 24 heavy (non-hydrogen) atoms. The van der Waals surface area contributed by atoms with E-state index in [-0.39, 0.29) is 11.3 Å². The van der Waals surface area contributed by atoms with Gasteiger partial charge >= 0.3 is 0 Å². The second-order valence-corrected chi connectivity index (χ2v) is 5.39. The number of hydrogen-bond acceptors (Lipinski definition) is 4. The standard InChI is InChI=1S/C18H17N3O3/c1-2-10-21-14-8-4-3-7-13(14)16(22)15(18(21)24)17(23)20-12-6-5-9-19-11-12/h3-9,11,22H,2,10H2,1H3,(H,20,23). The van der Waals surface area contributed by atoms with Gasteiger partial charge in [-0.3, -0.25) is 14.6 Å². The number of aromatic hydroxyl groups is 1. The van der Waals surface area contributed by atoms with Gasteiger partial charge in [-0.1, -0.05) is 19.1 Å². The van der Waals surface area contributed by atoms with Crippen molar-refractivity contribution < 1.29 is 9.90 Å². The minimum absolute atomic E-state index is 0.258. The van der Waals surface area contributed by atoms with E-state index >= 15 is 0 Å². The van der Waals surface area contributed by atoms with Gasteiger partial charge in [0, 0.05) is 18.1 Å². The average molecular weight is 323 g/mol. The molecule has 0 aliphatic carbocycles. The maximum absolute atomic E-state index is 12.8. The summed E-state index contributed by atoms with van der Waals surface area (Å²) in [7, 11) is 0. The van der Waals surface area contributed by atoms with Crippen molar-refractivity contribution in [3.05, 3.63) is 64.7 Å². The van der Waals surface area contributed by atoms with Crippen molar-refractivity contribution in [3.63, 3.8) is 0 Å². The fraction of sp³-hybridized carbons (Fsp3) is 0.167. The number of pyridine rings is 2. The number of amides is 1. The van der Waals surface area contributed by atoms with Gasteiger partial charge in [0.15, 0.2) is 0 Å². The number of hydrogen-bond donors (Lipinski definition) is 2. The van der Waals surface area contributed by atoms with Crippen LogP contribution in [0.25, 0.3) is 10.9 Å². The summed E-state index contributed by atoms with van der Waals surface area (Å²) in [4.78, 5) is 29.2. The van der Waals surface area contributed by atoms with Crippen molar-refractivity contribution in [2.45, 2.75) is 19.9 Å². The van der Waals surface area contributed by atoms with Gasteiger partial charge in [-0.15, -0.1) is 0 Å². The molecule has 0 bridgehead atoms. The van der Waals surface area contributed by atoms with Crippen LogP contribution in [-0.4, -0.2) is 20.6 Å². The van der Waals surface area contributed by atoms with Gasteiger partial charge in [0.05, 0.1) is 17.4 Å². The van der Waals surface area contributed by atoms with Crippen molar-refractivity contribution >= 4 is 22.5 Å². The first kappa shape index (κ1) is 15.7. The topological polar surface area (TPSA) is 84.2 Å². The van der Waals surface area contributed by atoms with Crippen molar-refractivity contribution in [2.75, 3.05) is 5.32 Å². The quantitative estimate of drug-likeness (QED) is 0.773. The minimum atomic E-state index is -0.652. The van der Waals surface area contributed by atoms with Gasteiger partial charge in [-0.05, 0) is 30.7 Å². The number of rotatable bonds is 4. The second-order valence-electron chi connectivity index (χ2n) is 5.39. The summed E-state index contributed by atoms with van der Waals surface area (Å²) in [6, 6.07) is 10.3. The molecule has 0 aliphatic heterocycles. The van der Waals surface area contributed by atoms with E-state index in [1.807, 2.05) is 6.92 Å². The van der Waals surface area contributed by atoms with Crippen molar-refractivity contribution in [2.24, 2.45) is 0 Å². The van der Waals surface area contributed by atoms with Crippen molar-refractivity contribution in [1.82, 2.24) is 9.55 Å². The van der Waals surface area contributed by atoms with Crippen LogP contribution in [0, 0.1) is 0 Å². The van der Waals surface area contributed by atoms with Gasteiger partial charge in [-0.2, -0.15) is 0 Å². The van der Waals surface area contributed by atoms with Crippen LogP contribution in [0.4, 0.5) is 5.69 Å². The second kappa shape index (κ2) is 6.54. The number of carbonyl (C=O) groups is 1. The Hall–Kier alpha value is -3.15. The Labute approximate surface area is 138 Å². The zero-order chi connectivity index (χ0) is 17.1. The van der Waals surface area contributed by atoms with Gasteiger partial charge in [-0.25, -0.2) is 0 Å². The molecule has 122 valence electrons. The van der Waals surface area contributed by atoms with Crippen LogP contribution in [0.2, 0.25) is 0 Å². The van der Waals surface area contributed by atoms with Gasteiger partial charge in [0.2, 0.25) is 0 Å². The lowest BCUT2D eigenvalue weighted by Gasteiger charge is -2.14. The number of nitrogens with one attached hydrogen (secondary N) is 1. The van der Waals surface area contributed by atoms with Gasteiger partial charge < -0.3 is 15.0 Å². The molecule has 0 fully saturated rings. The molecule has 1 amide bonds. The number of aryl methyl sites for hydroxylation is 1. The predicted molar refractivity (Wildman–Crippen MR) is 92.4 cm³/mol. The number of anilines is 1. The highest BCUT2D eigenvalue weighted by molar-refractivity contribution is 6.09. The van der Waals surface area contributed by atoms with Crippen LogP contribution >= 0.6 is 0 Å². The van der Waals surface area contributed by atoms with Crippen LogP contribution in [0.1, 0.15) is 23.7 Å². The highest BCUT2D eigenvalue weighted by Gasteiger charge is 2.22. The first-order valence-corrected chi connectivity index (χ1v) is 7.69. The monoisotopic (exact) mass is 323 g/mol. The smallest absolute Gasteiger partial charge is 0.267 e. The predicted octanol–water partition coefficient (Wildman–Crippen LogP) is 2.76. The maximum Gasteiger partial charge on any atom is 0.267 e. The summed E-state index contributed by atoms with van der Waals surface area (Å²) in [6.07, 6.45) is 3.79. The van der Waals surface area contributed by atoms with E-state index in [2.05, 4.69) is 10.3 Å². The molecule has 0 radical (unpaired) electrons. The summed E-state index contributed by atoms with van der Waals surface area (Å²) < 4.78 is 1.52. The Balaban J connectivity index is 2.17. The Morgan fingerprint density at radius 2 is 2.04 bits per heavy atom. The molecular formula is C18H17N3O3. The SMILES string of the molecule is CCCn1c(=O)c(C(=O)Nc2cccnc2)c(O)c2ccccc21. The van der Waals surface area contributed by atoms with E-state index < -0.39 is 11.5 Å². The Morgan fingerprint density at radius 1 is 1.25 bits per heavy atom. The van der Waals surface area contributed by atoms with Gasteiger partial charge in [0.1, 0.15) is 11.3 Å². The highest BCUT2D eigenvalue weighted by atomic mass is 16.3. The molecule has 6 heteroatoms. The minimum Gasteiger partial charge on any atom is -0.506 e. The Kier molecular flexibility index (Phi) is 4.29. The molecule has 0 unspecified atom stereocenters. The molecule has 0 aliphatic rings. The zero-order valence-electron chi connectivity index (χ0n) is 13.2. The summed E-state index contributed by atoms with van der Waals surface area (Å²) in [5.74, 6) is -0.953. The average Bonchev–Trinajstić information content (AvgIpc) is 2.59. The highest BCUT2D eigenvalue weighted by Crippen LogP contribution is 2.26. The molecule has 0 saturated carbocycles. The summed E-state index contributed by atoms with van der Waals surface area (Å²) in [5, 5.41) is 13.6. The van der Waals surface area contributed by atoms with E-state index in [0.29, 0.717) is 23.1 Å². The third-order valence-electron chi connectivity index (χ3n) is 3.74. The van der Waals surface area contributed by atoms with E-state index in [1.54, 1.807) is 42.6 Å². The summed E-state index contributed by atoms with van der Waals surface area (Å²) in [5.41, 5.74) is 0.303. The van der Waals surface area contributed by atoms with Crippen LogP contribution in [-0.2, 0) is 6.54 Å². The normalized spacial score (nSPS) is 10.7. The summed E-state index contributed by atoms with van der Waals surface area (Å²) >= 11 is 0. The maximum atomic E-state index is 12.8. The fourth-order valence-electron chi connectivity index (χ4n) is 2.67. The number of para-hydroxylation sites is 1. The Bertz CT molecular complexity index is 949. The molecule has 2 N–H and O–H groups in total. The lowest BCUT2D eigenvalue weighted by Crippen LogP contribution is -2.29. The van der Waals surface area contributed by atoms with E-state index in [9.17, 15) is 14.7 Å². The molecule has 2 heterocycles. The van der Waals surface area contributed by atoms with E-state index in [4.69, 9.17) is 0 Å². The third-order valence-corrected chi connectivity index (χ3v) is 3.74. The van der Waals surface area contributed by atoms with Crippen LogP contribution in [0.5, 0.6) is 5.75 Å². The van der Waals surface area contributed by atoms with Crippen molar-refractivity contribution in [1.29, 1.82) is 0 Å².